The Hall–Kier alpha value is -3.75. The molecule has 0 aliphatic carbocycles. The van der Waals surface area contributed by atoms with Crippen LogP contribution in [0.4, 0.5) is 14.5 Å². The number of amides is 1. The molecule has 4 heterocycles. The number of carbonyl (C=O) groups is 1. The first-order valence-electron chi connectivity index (χ1n) is 12.2. The number of aromatic nitrogens is 5. The number of carbonyl (C=O) groups excluding carboxylic acids is 1. The maximum absolute atomic E-state index is 13.3. The summed E-state index contributed by atoms with van der Waals surface area (Å²) < 4.78 is 34.2. The number of alkyl halides is 2. The van der Waals surface area contributed by atoms with Gasteiger partial charge in [-0.15, -0.1) is 11.8 Å². The second kappa shape index (κ2) is 11.6. The molecule has 206 valence electrons. The van der Waals surface area contributed by atoms with Gasteiger partial charge in [0.05, 0.1) is 23.6 Å². The maximum atomic E-state index is 13.3. The molecule has 11 nitrogen and oxygen atoms in total. The van der Waals surface area contributed by atoms with E-state index in [4.69, 9.17) is 4.74 Å². The van der Waals surface area contributed by atoms with E-state index < -0.39 is 18.9 Å². The molecule has 1 unspecified atom stereocenters. The van der Waals surface area contributed by atoms with E-state index in [1.807, 2.05) is 6.26 Å². The predicted octanol–water partition coefficient (Wildman–Crippen LogP) is 3.00. The summed E-state index contributed by atoms with van der Waals surface area (Å²) in [6.45, 7) is -2.32. The van der Waals surface area contributed by atoms with E-state index in [0.29, 0.717) is 37.1 Å². The third kappa shape index (κ3) is 5.97. The van der Waals surface area contributed by atoms with Gasteiger partial charge in [0.25, 0.3) is 0 Å². The van der Waals surface area contributed by atoms with E-state index in [9.17, 15) is 23.8 Å². The molecule has 1 saturated heterocycles. The number of aliphatic hydroxyl groups excluding tert-OH is 2. The number of hydrogen-bond acceptors (Lipinski definition) is 9. The number of likely N-dealkylation sites (tertiary alicyclic amines) is 1. The van der Waals surface area contributed by atoms with Gasteiger partial charge in [-0.2, -0.15) is 19.0 Å². The van der Waals surface area contributed by atoms with Crippen LogP contribution in [-0.4, -0.2) is 77.5 Å². The minimum Gasteiger partial charge on any atom is -0.434 e. The van der Waals surface area contributed by atoms with Crippen LogP contribution in [0.2, 0.25) is 0 Å². The van der Waals surface area contributed by atoms with Crippen molar-refractivity contribution in [2.24, 2.45) is 0 Å². The lowest BCUT2D eigenvalue weighted by Crippen LogP contribution is -2.41. The Balaban J connectivity index is 1.51. The Kier molecular flexibility index (Phi) is 7.95. The van der Waals surface area contributed by atoms with Gasteiger partial charge >= 0.3 is 6.61 Å². The summed E-state index contributed by atoms with van der Waals surface area (Å²) in [6.07, 6.45) is 7.41. The van der Waals surface area contributed by atoms with E-state index >= 15 is 0 Å². The first-order valence-corrected chi connectivity index (χ1v) is 13.4. The Bertz CT molecular complexity index is 1460. The van der Waals surface area contributed by atoms with Crippen LogP contribution in [0.1, 0.15) is 24.6 Å². The highest BCUT2D eigenvalue weighted by Crippen LogP contribution is 2.38. The van der Waals surface area contributed by atoms with Crippen molar-refractivity contribution in [2.45, 2.75) is 43.2 Å². The Labute approximate surface area is 226 Å². The van der Waals surface area contributed by atoms with Crippen LogP contribution in [0.15, 0.2) is 53.9 Å². The summed E-state index contributed by atoms with van der Waals surface area (Å²) in [5.41, 5.74) is 1.59. The molecule has 4 aromatic rings. The van der Waals surface area contributed by atoms with E-state index in [-0.39, 0.29) is 35.1 Å². The Morgan fingerprint density at radius 1 is 1.31 bits per heavy atom. The number of ether oxygens (including phenoxy) is 1. The lowest BCUT2D eigenvalue weighted by molar-refractivity contribution is -0.134. The fourth-order valence-corrected chi connectivity index (χ4v) is 4.88. The number of piperidine rings is 1. The molecule has 0 radical (unpaired) electrons. The molecule has 39 heavy (non-hydrogen) atoms. The number of hydrogen-bond donors (Lipinski definition) is 3. The third-order valence-electron chi connectivity index (χ3n) is 6.43. The molecule has 1 aliphatic heterocycles. The number of thioether (sulfide) groups is 1. The van der Waals surface area contributed by atoms with Crippen LogP contribution in [0, 0.1) is 0 Å². The number of benzene rings is 1. The van der Waals surface area contributed by atoms with E-state index in [1.54, 1.807) is 35.5 Å². The van der Waals surface area contributed by atoms with Crippen LogP contribution in [0.3, 0.4) is 0 Å². The smallest absolute Gasteiger partial charge is 0.387 e. The first-order chi connectivity index (χ1) is 18.8. The van der Waals surface area contributed by atoms with Gasteiger partial charge in [0.2, 0.25) is 5.91 Å². The summed E-state index contributed by atoms with van der Waals surface area (Å²) in [5, 5.41) is 32.5. The van der Waals surface area contributed by atoms with Crippen molar-refractivity contribution in [1.82, 2.24) is 29.3 Å². The molecule has 3 aromatic heterocycles. The van der Waals surface area contributed by atoms with Gasteiger partial charge in [0.15, 0.2) is 11.9 Å². The monoisotopic (exact) mass is 559 g/mol. The first kappa shape index (κ1) is 26.8. The van der Waals surface area contributed by atoms with E-state index in [0.717, 1.165) is 4.90 Å². The highest BCUT2D eigenvalue weighted by molar-refractivity contribution is 7.98. The van der Waals surface area contributed by atoms with Crippen LogP contribution in [0.25, 0.3) is 16.9 Å². The Morgan fingerprint density at radius 3 is 2.85 bits per heavy atom. The number of nitrogens with one attached hydrogen (secondary N) is 1. The molecular weight excluding hydrogens is 532 g/mol. The average molecular weight is 560 g/mol. The zero-order chi connectivity index (χ0) is 27.5. The summed E-state index contributed by atoms with van der Waals surface area (Å²) in [7, 11) is 0. The van der Waals surface area contributed by atoms with Crippen LogP contribution < -0.4 is 10.1 Å². The fraction of sp³-hybridized carbons (Fsp3) is 0.360. The van der Waals surface area contributed by atoms with Gasteiger partial charge in [-0.25, -0.2) is 9.50 Å². The molecule has 3 N–H and O–H groups in total. The average Bonchev–Trinajstić information content (AvgIpc) is 3.53. The highest BCUT2D eigenvalue weighted by atomic mass is 32.2. The minimum atomic E-state index is -3.06. The third-order valence-corrected chi connectivity index (χ3v) is 7.15. The fourth-order valence-electron chi connectivity index (χ4n) is 4.44. The summed E-state index contributed by atoms with van der Waals surface area (Å²) >= 11 is 1.41. The van der Waals surface area contributed by atoms with Crippen molar-refractivity contribution in [3.63, 3.8) is 0 Å². The van der Waals surface area contributed by atoms with Gasteiger partial charge < -0.3 is 25.2 Å². The van der Waals surface area contributed by atoms with Crippen molar-refractivity contribution in [2.75, 3.05) is 24.7 Å². The van der Waals surface area contributed by atoms with Crippen molar-refractivity contribution in [1.29, 1.82) is 0 Å². The van der Waals surface area contributed by atoms with Gasteiger partial charge in [0.1, 0.15) is 18.0 Å². The number of halogens is 2. The van der Waals surface area contributed by atoms with E-state index in [1.165, 1.54) is 39.4 Å². The van der Waals surface area contributed by atoms with Gasteiger partial charge in [-0.3, -0.25) is 9.48 Å². The molecule has 0 bridgehead atoms. The zero-order valence-corrected chi connectivity index (χ0v) is 21.8. The number of aliphatic hydroxyl groups is 2. The number of nitrogens with zero attached hydrogens (tertiary/aromatic N) is 6. The van der Waals surface area contributed by atoms with Gasteiger partial charge in [-0.05, 0) is 43.4 Å². The molecule has 1 aromatic carbocycles. The van der Waals surface area contributed by atoms with Crippen molar-refractivity contribution in [3.8, 4) is 17.0 Å². The summed E-state index contributed by atoms with van der Waals surface area (Å²) in [5.74, 6) is -0.295. The largest absolute Gasteiger partial charge is 0.434 e. The van der Waals surface area contributed by atoms with Crippen molar-refractivity contribution in [3.05, 3.63) is 54.6 Å². The topological polar surface area (TPSA) is 130 Å². The zero-order valence-electron chi connectivity index (χ0n) is 20.9. The lowest BCUT2D eigenvalue weighted by atomic mass is 10.1. The molecule has 14 heteroatoms. The number of fused-ring (bicyclic) bond motifs is 1. The molecule has 0 saturated carbocycles. The summed E-state index contributed by atoms with van der Waals surface area (Å²) in [6, 6.07) is 6.46. The van der Waals surface area contributed by atoms with E-state index in [2.05, 4.69) is 20.5 Å². The molecule has 1 amide bonds. The Morgan fingerprint density at radius 2 is 2.10 bits per heavy atom. The molecule has 1 fully saturated rings. The molecule has 0 spiro atoms. The number of rotatable bonds is 9. The lowest BCUT2D eigenvalue weighted by Gasteiger charge is -2.29. The van der Waals surface area contributed by atoms with Crippen LogP contribution in [0.5, 0.6) is 5.75 Å². The van der Waals surface area contributed by atoms with Crippen molar-refractivity contribution >= 4 is 29.0 Å². The normalized spacial score (nSPS) is 15.2. The quantitative estimate of drug-likeness (QED) is 0.209. The number of anilines is 1. The molecule has 1 aliphatic rings. The highest BCUT2D eigenvalue weighted by Gasteiger charge is 2.25. The van der Waals surface area contributed by atoms with Crippen molar-refractivity contribution < 1.29 is 28.5 Å². The molecule has 1 atom stereocenters. The SMILES string of the molecule is CSc1ccc(OC(F)F)c(-c2nn(CC(=O)N3CCC(O)CC3)cc2NC(O)c2cnn3cccnc23)c1. The standard InChI is InChI=1S/C25H27F2N7O4S/c1-39-16-3-4-20(38-25(26)27)17(11-16)22-19(30-24(37)18-12-29-34-8-2-7-28-23(18)34)13-33(31-22)14-21(36)32-9-5-15(35)6-10-32/h2-4,7-8,11-13,15,24-25,30,35,37H,5-6,9-10,14H2,1H3. The second-order valence-corrected chi connectivity index (χ2v) is 9.86. The van der Waals surface area contributed by atoms with Gasteiger partial charge in [-0.1, -0.05) is 0 Å². The second-order valence-electron chi connectivity index (χ2n) is 8.98. The summed E-state index contributed by atoms with van der Waals surface area (Å²) in [4.78, 5) is 19.7. The van der Waals surface area contributed by atoms with Crippen LogP contribution in [-0.2, 0) is 11.3 Å². The predicted molar refractivity (Wildman–Crippen MR) is 139 cm³/mol. The van der Waals surface area contributed by atoms with Crippen LogP contribution >= 0.6 is 11.8 Å². The van der Waals surface area contributed by atoms with Gasteiger partial charge in [0, 0.05) is 42.1 Å². The minimum absolute atomic E-state index is 0.0976. The molecule has 5 rings (SSSR count). The molecular formula is C25H27F2N7O4S. The maximum Gasteiger partial charge on any atom is 0.387 e.